The summed E-state index contributed by atoms with van der Waals surface area (Å²) in [4.78, 5) is 4.37. The molecule has 10 heavy (non-hydrogen) atoms. The van der Waals surface area contributed by atoms with E-state index in [1.165, 1.54) is 0 Å². The first-order valence-electron chi connectivity index (χ1n) is 3.57. The second-order valence-electron chi connectivity index (χ2n) is 2.49. The number of ether oxygens (including phenoxy) is 1. The molecule has 1 fully saturated rings. The SMILES string of the molecule is C=CC(C)=NC1CCOC1. The van der Waals surface area contributed by atoms with Gasteiger partial charge in [-0.1, -0.05) is 6.58 Å². The minimum Gasteiger partial charge on any atom is -0.379 e. The van der Waals surface area contributed by atoms with Crippen molar-refractivity contribution in [1.82, 2.24) is 0 Å². The van der Waals surface area contributed by atoms with E-state index in [1.54, 1.807) is 6.08 Å². The summed E-state index contributed by atoms with van der Waals surface area (Å²) in [6, 6.07) is 0.387. The summed E-state index contributed by atoms with van der Waals surface area (Å²) < 4.78 is 5.16. The van der Waals surface area contributed by atoms with Gasteiger partial charge in [-0.05, 0) is 19.4 Å². The molecule has 0 radical (unpaired) electrons. The predicted octanol–water partition coefficient (Wildman–Crippen LogP) is 1.42. The maximum absolute atomic E-state index is 5.16. The third kappa shape index (κ3) is 1.95. The fourth-order valence-corrected chi connectivity index (χ4v) is 0.965. The molecule has 0 bridgehead atoms. The number of hydrogen-bond acceptors (Lipinski definition) is 2. The Labute approximate surface area is 61.6 Å². The second-order valence-corrected chi connectivity index (χ2v) is 2.49. The zero-order valence-corrected chi connectivity index (χ0v) is 6.34. The Morgan fingerprint density at radius 3 is 3.10 bits per heavy atom. The number of allylic oxidation sites excluding steroid dienone is 1. The third-order valence-electron chi connectivity index (χ3n) is 1.59. The van der Waals surface area contributed by atoms with Crippen LogP contribution in [0.1, 0.15) is 13.3 Å². The minimum absolute atomic E-state index is 0.387. The Balaban J connectivity index is 2.42. The molecule has 2 nitrogen and oxygen atoms in total. The van der Waals surface area contributed by atoms with Gasteiger partial charge in [-0.25, -0.2) is 0 Å². The Bertz CT molecular complexity index is 145. The fourth-order valence-electron chi connectivity index (χ4n) is 0.965. The smallest absolute Gasteiger partial charge is 0.0758 e. The van der Waals surface area contributed by atoms with E-state index >= 15 is 0 Å². The van der Waals surface area contributed by atoms with Crippen LogP contribution in [0.15, 0.2) is 17.6 Å². The molecule has 0 aromatic rings. The molecule has 1 aliphatic rings. The summed E-state index contributed by atoms with van der Waals surface area (Å²) in [6.45, 7) is 7.24. The largest absolute Gasteiger partial charge is 0.379 e. The topological polar surface area (TPSA) is 21.6 Å². The summed E-state index contributed by atoms with van der Waals surface area (Å²) in [7, 11) is 0. The highest BCUT2D eigenvalue weighted by atomic mass is 16.5. The van der Waals surface area contributed by atoms with Crippen molar-refractivity contribution in [2.24, 2.45) is 4.99 Å². The lowest BCUT2D eigenvalue weighted by molar-refractivity contribution is 0.194. The van der Waals surface area contributed by atoms with E-state index in [9.17, 15) is 0 Å². The van der Waals surface area contributed by atoms with Crippen LogP contribution in [-0.4, -0.2) is 25.0 Å². The maximum Gasteiger partial charge on any atom is 0.0758 e. The van der Waals surface area contributed by atoms with E-state index in [1.807, 2.05) is 6.92 Å². The van der Waals surface area contributed by atoms with Gasteiger partial charge in [0.05, 0.1) is 12.6 Å². The van der Waals surface area contributed by atoms with Crippen molar-refractivity contribution in [2.75, 3.05) is 13.2 Å². The molecule has 1 heterocycles. The van der Waals surface area contributed by atoms with Gasteiger partial charge in [0, 0.05) is 12.3 Å². The van der Waals surface area contributed by atoms with Crippen LogP contribution in [0.3, 0.4) is 0 Å². The predicted molar refractivity (Wildman–Crippen MR) is 42.5 cm³/mol. The average molecular weight is 139 g/mol. The summed E-state index contributed by atoms with van der Waals surface area (Å²) >= 11 is 0. The van der Waals surface area contributed by atoms with Crippen molar-refractivity contribution in [3.8, 4) is 0 Å². The minimum atomic E-state index is 0.387. The van der Waals surface area contributed by atoms with Crippen molar-refractivity contribution in [3.05, 3.63) is 12.7 Å². The molecule has 0 aromatic heterocycles. The molecule has 0 aliphatic carbocycles. The number of hydrogen-bond donors (Lipinski definition) is 0. The van der Waals surface area contributed by atoms with Gasteiger partial charge in [-0.3, -0.25) is 4.99 Å². The number of rotatable bonds is 2. The molecule has 0 amide bonds. The van der Waals surface area contributed by atoms with Gasteiger partial charge >= 0.3 is 0 Å². The Hall–Kier alpha value is -0.630. The first-order valence-corrected chi connectivity index (χ1v) is 3.57. The van der Waals surface area contributed by atoms with Crippen molar-refractivity contribution < 1.29 is 4.74 Å². The second kappa shape index (κ2) is 3.52. The van der Waals surface area contributed by atoms with E-state index < -0.39 is 0 Å². The van der Waals surface area contributed by atoms with Gasteiger partial charge in [0.15, 0.2) is 0 Å². The summed E-state index contributed by atoms with van der Waals surface area (Å²) in [5.41, 5.74) is 1.01. The van der Waals surface area contributed by atoms with E-state index in [4.69, 9.17) is 4.74 Å². The van der Waals surface area contributed by atoms with E-state index in [0.717, 1.165) is 25.3 Å². The Morgan fingerprint density at radius 2 is 2.60 bits per heavy atom. The van der Waals surface area contributed by atoms with Crippen LogP contribution in [0.5, 0.6) is 0 Å². The summed E-state index contributed by atoms with van der Waals surface area (Å²) in [6.07, 6.45) is 2.84. The van der Waals surface area contributed by atoms with Crippen molar-refractivity contribution in [3.63, 3.8) is 0 Å². The molecule has 0 spiro atoms. The summed E-state index contributed by atoms with van der Waals surface area (Å²) in [5, 5.41) is 0. The average Bonchev–Trinajstić information content (AvgIpc) is 2.40. The maximum atomic E-state index is 5.16. The van der Waals surface area contributed by atoms with E-state index in [-0.39, 0.29) is 0 Å². The van der Waals surface area contributed by atoms with Crippen LogP contribution in [0.4, 0.5) is 0 Å². The zero-order valence-electron chi connectivity index (χ0n) is 6.34. The normalized spacial score (nSPS) is 26.9. The highest BCUT2D eigenvalue weighted by molar-refractivity contribution is 5.92. The van der Waals surface area contributed by atoms with Gasteiger partial charge in [0.2, 0.25) is 0 Å². The first kappa shape index (κ1) is 7.48. The van der Waals surface area contributed by atoms with Crippen molar-refractivity contribution >= 4 is 5.71 Å². The monoisotopic (exact) mass is 139 g/mol. The molecular weight excluding hydrogens is 126 g/mol. The number of nitrogens with zero attached hydrogens (tertiary/aromatic N) is 1. The molecule has 1 atom stereocenters. The van der Waals surface area contributed by atoms with Crippen LogP contribution >= 0.6 is 0 Å². The molecule has 0 N–H and O–H groups in total. The Kier molecular flexibility index (Phi) is 2.63. The van der Waals surface area contributed by atoms with Crippen LogP contribution in [0, 0.1) is 0 Å². The standard InChI is InChI=1S/C8H13NO/c1-3-7(2)9-8-4-5-10-6-8/h3,8H,1,4-6H2,2H3. The molecule has 1 rings (SSSR count). The summed E-state index contributed by atoms with van der Waals surface area (Å²) in [5.74, 6) is 0. The first-order chi connectivity index (χ1) is 4.83. The van der Waals surface area contributed by atoms with E-state index in [0.29, 0.717) is 6.04 Å². The van der Waals surface area contributed by atoms with Crippen LogP contribution in [-0.2, 0) is 4.74 Å². The van der Waals surface area contributed by atoms with Crippen LogP contribution < -0.4 is 0 Å². The molecule has 1 saturated heterocycles. The van der Waals surface area contributed by atoms with Gasteiger partial charge in [-0.2, -0.15) is 0 Å². The van der Waals surface area contributed by atoms with Crippen LogP contribution in [0.25, 0.3) is 0 Å². The molecule has 1 aliphatic heterocycles. The fraction of sp³-hybridized carbons (Fsp3) is 0.625. The highest BCUT2D eigenvalue weighted by Gasteiger charge is 2.13. The van der Waals surface area contributed by atoms with Gasteiger partial charge in [0.1, 0.15) is 0 Å². The zero-order chi connectivity index (χ0) is 7.40. The highest BCUT2D eigenvalue weighted by Crippen LogP contribution is 2.07. The van der Waals surface area contributed by atoms with Gasteiger partial charge in [0.25, 0.3) is 0 Å². The number of aliphatic imine (C=N–C) groups is 1. The van der Waals surface area contributed by atoms with Crippen molar-refractivity contribution in [1.29, 1.82) is 0 Å². The van der Waals surface area contributed by atoms with Gasteiger partial charge in [-0.15, -0.1) is 0 Å². The van der Waals surface area contributed by atoms with E-state index in [2.05, 4.69) is 11.6 Å². The lowest BCUT2D eigenvalue weighted by Gasteiger charge is -1.99. The molecule has 0 saturated carbocycles. The lowest BCUT2D eigenvalue weighted by atomic mass is 10.2. The van der Waals surface area contributed by atoms with Gasteiger partial charge < -0.3 is 4.74 Å². The lowest BCUT2D eigenvalue weighted by Crippen LogP contribution is -2.04. The molecule has 0 aromatic carbocycles. The van der Waals surface area contributed by atoms with Crippen molar-refractivity contribution in [2.45, 2.75) is 19.4 Å². The Morgan fingerprint density at radius 1 is 1.80 bits per heavy atom. The molecule has 56 valence electrons. The molecule has 2 heteroatoms. The van der Waals surface area contributed by atoms with Crippen LogP contribution in [0.2, 0.25) is 0 Å². The third-order valence-corrected chi connectivity index (χ3v) is 1.59. The molecule has 1 unspecified atom stereocenters. The molecular formula is C8H13NO. The quantitative estimate of drug-likeness (QED) is 0.530.